The number of nitrogens with zero attached hydrogens (tertiary/aromatic N) is 4. The molecule has 2 N–H and O–H groups in total. The molecular weight excluding hydrogens is 470 g/mol. The first-order chi connectivity index (χ1) is 18.1. The van der Waals surface area contributed by atoms with Gasteiger partial charge in [-0.2, -0.15) is 0 Å². The number of benzene rings is 1. The van der Waals surface area contributed by atoms with Gasteiger partial charge in [0.25, 0.3) is 0 Å². The molecule has 2 aliphatic heterocycles. The van der Waals surface area contributed by atoms with Gasteiger partial charge in [-0.05, 0) is 49.6 Å². The lowest BCUT2D eigenvalue weighted by Crippen LogP contribution is -2.56. The highest BCUT2D eigenvalue weighted by atomic mass is 16.5. The Morgan fingerprint density at radius 1 is 1.16 bits per heavy atom. The van der Waals surface area contributed by atoms with Crippen LogP contribution >= 0.6 is 0 Å². The lowest BCUT2D eigenvalue weighted by Gasteiger charge is -2.45. The summed E-state index contributed by atoms with van der Waals surface area (Å²) in [6.45, 7) is 4.94. The zero-order valence-corrected chi connectivity index (χ0v) is 20.6. The van der Waals surface area contributed by atoms with Gasteiger partial charge in [0.2, 0.25) is 5.91 Å². The number of carbonyl (C=O) groups is 1. The highest BCUT2D eigenvalue weighted by Gasteiger charge is 2.36. The lowest BCUT2D eigenvalue weighted by molar-refractivity contribution is -0.145. The van der Waals surface area contributed by atoms with Gasteiger partial charge in [-0.3, -0.25) is 9.78 Å². The summed E-state index contributed by atoms with van der Waals surface area (Å²) in [4.78, 5) is 20.7. The van der Waals surface area contributed by atoms with Crippen LogP contribution in [0.25, 0.3) is 33.4 Å². The molecular formula is C28H29N5O4. The SMILES string of the molecule is C=CC(=O)N1[C@@H]2CCC[C@H]1COC2.COc1cnccc1-c1c[nH]c2nnc(-c3ccccc3O)cc12. The number of methoxy groups -OCH3 is 1. The predicted octanol–water partition coefficient (Wildman–Crippen LogP) is 4.35. The second-order valence-electron chi connectivity index (χ2n) is 9.01. The fraction of sp³-hybridized carbons (Fsp3) is 0.286. The van der Waals surface area contributed by atoms with Crippen LogP contribution in [0.3, 0.4) is 0 Å². The number of pyridine rings is 1. The number of H-pyrrole nitrogens is 1. The molecule has 0 spiro atoms. The number of nitrogens with one attached hydrogen (secondary N) is 1. The standard InChI is InChI=1S/C18H14N4O2.C10H15NO2/c1-24-17-10-19-7-6-11(17)14-9-20-18-13(14)8-15(21-22-18)12-4-2-3-5-16(12)23;1-2-10(12)11-8-4-3-5-9(11)7-13-6-8/h2-10,23H,1H3,(H,20,22);2,8-9H,1,3-7H2/t;8-,9+. The molecule has 5 heterocycles. The van der Waals surface area contributed by atoms with Crippen LogP contribution in [0.2, 0.25) is 0 Å². The zero-order valence-electron chi connectivity index (χ0n) is 20.6. The Bertz CT molecular complexity index is 1400. The summed E-state index contributed by atoms with van der Waals surface area (Å²) in [7, 11) is 1.61. The first kappa shape index (κ1) is 24.5. The number of ether oxygens (including phenoxy) is 2. The molecule has 0 saturated carbocycles. The predicted molar refractivity (Wildman–Crippen MR) is 140 cm³/mol. The molecule has 2 atom stereocenters. The third kappa shape index (κ3) is 4.90. The second kappa shape index (κ2) is 10.8. The number of fused-ring (bicyclic) bond motifs is 3. The smallest absolute Gasteiger partial charge is 0.246 e. The number of aromatic nitrogens is 4. The average Bonchev–Trinajstić information content (AvgIpc) is 3.36. The van der Waals surface area contributed by atoms with Crippen molar-refractivity contribution in [2.45, 2.75) is 31.3 Å². The van der Waals surface area contributed by atoms with Crippen molar-refractivity contribution >= 4 is 16.9 Å². The summed E-state index contributed by atoms with van der Waals surface area (Å²) in [5.74, 6) is 0.919. The van der Waals surface area contributed by atoms with E-state index in [1.54, 1.807) is 31.6 Å². The fourth-order valence-electron chi connectivity index (χ4n) is 5.03. The van der Waals surface area contributed by atoms with Crippen LogP contribution < -0.4 is 4.74 Å². The van der Waals surface area contributed by atoms with E-state index in [-0.39, 0.29) is 11.7 Å². The third-order valence-electron chi connectivity index (χ3n) is 6.82. The Kier molecular flexibility index (Phi) is 7.14. The van der Waals surface area contributed by atoms with Crippen molar-refractivity contribution in [1.82, 2.24) is 25.1 Å². The van der Waals surface area contributed by atoms with E-state index in [1.165, 1.54) is 12.5 Å². The molecule has 9 heteroatoms. The van der Waals surface area contributed by atoms with Gasteiger partial charge in [-0.15, -0.1) is 10.2 Å². The van der Waals surface area contributed by atoms with Gasteiger partial charge in [-0.25, -0.2) is 0 Å². The number of hydrogen-bond donors (Lipinski definition) is 2. The third-order valence-corrected chi connectivity index (χ3v) is 6.82. The molecule has 37 heavy (non-hydrogen) atoms. The Morgan fingerprint density at radius 2 is 1.95 bits per heavy atom. The van der Waals surface area contributed by atoms with Gasteiger partial charge in [0.1, 0.15) is 11.5 Å². The molecule has 0 unspecified atom stereocenters. The Morgan fingerprint density at radius 3 is 2.68 bits per heavy atom. The quantitative estimate of drug-likeness (QED) is 0.401. The molecule has 2 fully saturated rings. The van der Waals surface area contributed by atoms with E-state index < -0.39 is 0 Å². The number of amides is 1. The second-order valence-corrected chi connectivity index (χ2v) is 9.01. The number of para-hydroxylation sites is 1. The van der Waals surface area contributed by atoms with Crippen molar-refractivity contribution in [1.29, 1.82) is 0 Å². The Balaban J connectivity index is 0.000000182. The summed E-state index contributed by atoms with van der Waals surface area (Å²) in [5.41, 5.74) is 3.77. The van der Waals surface area contributed by atoms with E-state index in [0.29, 0.717) is 48.0 Å². The van der Waals surface area contributed by atoms with Gasteiger partial charge in [0, 0.05) is 34.5 Å². The molecule has 6 rings (SSSR count). The molecule has 2 saturated heterocycles. The largest absolute Gasteiger partial charge is 0.507 e. The number of rotatable bonds is 4. The fourth-order valence-corrected chi connectivity index (χ4v) is 5.03. The van der Waals surface area contributed by atoms with E-state index in [1.807, 2.05) is 35.4 Å². The van der Waals surface area contributed by atoms with Gasteiger partial charge in [0.15, 0.2) is 5.65 Å². The number of phenols is 1. The van der Waals surface area contributed by atoms with Crippen molar-refractivity contribution in [3.63, 3.8) is 0 Å². The van der Waals surface area contributed by atoms with Crippen LogP contribution in [0.15, 0.2) is 67.6 Å². The molecule has 3 aromatic heterocycles. The van der Waals surface area contributed by atoms with Gasteiger partial charge >= 0.3 is 0 Å². The lowest BCUT2D eigenvalue weighted by atomic mass is 9.94. The molecule has 2 aliphatic rings. The van der Waals surface area contributed by atoms with Crippen molar-refractivity contribution in [3.05, 3.63) is 67.6 Å². The summed E-state index contributed by atoms with van der Waals surface area (Å²) < 4.78 is 10.8. The maximum Gasteiger partial charge on any atom is 0.246 e. The summed E-state index contributed by atoms with van der Waals surface area (Å²) in [6, 6.07) is 11.5. The van der Waals surface area contributed by atoms with E-state index in [4.69, 9.17) is 9.47 Å². The van der Waals surface area contributed by atoms with Crippen LogP contribution in [0, 0.1) is 0 Å². The van der Waals surface area contributed by atoms with E-state index in [9.17, 15) is 9.90 Å². The normalized spacial score (nSPS) is 18.6. The minimum absolute atomic E-state index is 0.0676. The minimum atomic E-state index is 0.0676. The van der Waals surface area contributed by atoms with Gasteiger partial charge < -0.3 is 24.5 Å². The topological polar surface area (TPSA) is 113 Å². The summed E-state index contributed by atoms with van der Waals surface area (Å²) >= 11 is 0. The van der Waals surface area contributed by atoms with Crippen LogP contribution in [-0.4, -0.2) is 68.5 Å². The highest BCUT2D eigenvalue weighted by Crippen LogP contribution is 2.36. The number of aromatic hydroxyl groups is 1. The highest BCUT2D eigenvalue weighted by molar-refractivity contribution is 5.96. The molecule has 1 amide bonds. The minimum Gasteiger partial charge on any atom is -0.507 e. The first-order valence-electron chi connectivity index (χ1n) is 12.2. The van der Waals surface area contributed by atoms with Crippen molar-refractivity contribution in [3.8, 4) is 33.9 Å². The van der Waals surface area contributed by atoms with Gasteiger partial charge in [-0.1, -0.05) is 18.7 Å². The van der Waals surface area contributed by atoms with Crippen LogP contribution in [0.4, 0.5) is 0 Å². The van der Waals surface area contributed by atoms with Crippen molar-refractivity contribution < 1.29 is 19.4 Å². The molecule has 0 radical (unpaired) electrons. The van der Waals surface area contributed by atoms with E-state index in [0.717, 1.165) is 29.4 Å². The Labute approximate surface area is 214 Å². The number of morpholine rings is 1. The molecule has 4 aromatic rings. The van der Waals surface area contributed by atoms with Crippen LogP contribution in [0.5, 0.6) is 11.5 Å². The van der Waals surface area contributed by atoms with E-state index >= 15 is 0 Å². The molecule has 190 valence electrons. The zero-order chi connectivity index (χ0) is 25.8. The first-order valence-corrected chi connectivity index (χ1v) is 12.2. The maximum atomic E-state index is 11.5. The number of piperidine rings is 1. The monoisotopic (exact) mass is 499 g/mol. The molecule has 9 nitrogen and oxygen atoms in total. The van der Waals surface area contributed by atoms with E-state index in [2.05, 4.69) is 26.7 Å². The van der Waals surface area contributed by atoms with Gasteiger partial charge in [0.05, 0.1) is 44.3 Å². The number of aromatic amines is 1. The summed E-state index contributed by atoms with van der Waals surface area (Å²) in [5, 5.41) is 19.4. The number of phenolic OH excluding ortho intramolecular Hbond substituents is 1. The van der Waals surface area contributed by atoms with Crippen LogP contribution in [0.1, 0.15) is 19.3 Å². The Hall–Kier alpha value is -4.24. The van der Waals surface area contributed by atoms with Crippen molar-refractivity contribution in [2.75, 3.05) is 20.3 Å². The molecule has 2 bridgehead atoms. The maximum absolute atomic E-state index is 11.5. The molecule has 1 aromatic carbocycles. The molecule has 0 aliphatic carbocycles. The number of hydrogen-bond acceptors (Lipinski definition) is 7. The average molecular weight is 500 g/mol. The van der Waals surface area contributed by atoms with Crippen molar-refractivity contribution in [2.24, 2.45) is 0 Å². The number of carbonyl (C=O) groups excluding carboxylic acids is 1. The summed E-state index contributed by atoms with van der Waals surface area (Å²) in [6.07, 6.45) is 10.1. The van der Waals surface area contributed by atoms with Crippen LogP contribution in [-0.2, 0) is 9.53 Å².